The van der Waals surface area contributed by atoms with Crippen LogP contribution < -0.4 is 0 Å². The number of oxazole rings is 1. The van der Waals surface area contributed by atoms with E-state index >= 15 is 0 Å². The highest BCUT2D eigenvalue weighted by molar-refractivity contribution is 5.87. The number of phenolic OH excluding ortho intramolecular Hbond substituents is 1. The Morgan fingerprint density at radius 1 is 0.875 bits per heavy atom. The largest absolute Gasteiger partial charge is 0.507 e. The van der Waals surface area contributed by atoms with Crippen molar-refractivity contribution in [3.05, 3.63) is 114 Å². The topological polar surface area (TPSA) is 58.6 Å². The normalized spacial score (nSPS) is 11.4. The molecular weight excluding hydrogens is 403 g/mol. The maximum atomic E-state index is 13.2. The average molecular weight is 422 g/mol. The van der Waals surface area contributed by atoms with Gasteiger partial charge < -0.3 is 9.52 Å². The number of fused-ring (bicyclic) bond motifs is 1. The summed E-state index contributed by atoms with van der Waals surface area (Å²) in [6.07, 6.45) is 2.42. The third-order valence-corrected chi connectivity index (χ3v) is 5.16. The van der Waals surface area contributed by atoms with Crippen molar-refractivity contribution in [1.82, 2.24) is 4.98 Å². The van der Waals surface area contributed by atoms with Gasteiger partial charge in [0, 0.05) is 17.3 Å². The van der Waals surface area contributed by atoms with Crippen molar-refractivity contribution in [2.45, 2.75) is 6.42 Å². The molecule has 1 N–H and O–H groups in total. The molecule has 0 aliphatic heterocycles. The second kappa shape index (κ2) is 8.47. The average Bonchev–Trinajstić information content (AvgIpc) is 3.24. The van der Waals surface area contributed by atoms with Crippen LogP contribution in [0.4, 0.5) is 10.1 Å². The van der Waals surface area contributed by atoms with Crippen molar-refractivity contribution < 1.29 is 13.9 Å². The molecule has 156 valence electrons. The van der Waals surface area contributed by atoms with Gasteiger partial charge in [-0.1, -0.05) is 36.4 Å². The third kappa shape index (κ3) is 4.27. The SMILES string of the molecule is Oc1ccc(Cc2ccccc2)cc1C=Nc1ccc2oc(-c3ccc(F)cc3)nc2c1. The molecule has 0 radical (unpaired) electrons. The van der Waals surface area contributed by atoms with E-state index in [-0.39, 0.29) is 11.6 Å². The lowest BCUT2D eigenvalue weighted by Crippen LogP contribution is -1.91. The second-order valence-electron chi connectivity index (χ2n) is 7.49. The van der Waals surface area contributed by atoms with E-state index in [4.69, 9.17) is 4.42 Å². The number of halogens is 1. The lowest BCUT2D eigenvalue weighted by molar-refractivity contribution is 0.474. The summed E-state index contributed by atoms with van der Waals surface area (Å²) in [6, 6.07) is 27.2. The van der Waals surface area contributed by atoms with Gasteiger partial charge in [0.15, 0.2) is 5.58 Å². The van der Waals surface area contributed by atoms with Gasteiger partial charge in [0.2, 0.25) is 5.89 Å². The summed E-state index contributed by atoms with van der Waals surface area (Å²) in [4.78, 5) is 9.01. The molecular formula is C27H19FN2O2. The van der Waals surface area contributed by atoms with E-state index in [1.165, 1.54) is 17.7 Å². The quantitative estimate of drug-likeness (QED) is 0.321. The molecule has 1 aromatic heterocycles. The lowest BCUT2D eigenvalue weighted by Gasteiger charge is -2.05. The van der Waals surface area contributed by atoms with Gasteiger partial charge in [0.1, 0.15) is 17.1 Å². The van der Waals surface area contributed by atoms with Crippen LogP contribution in [0.5, 0.6) is 5.75 Å². The molecule has 0 unspecified atom stereocenters. The predicted octanol–water partition coefficient (Wildman–Crippen LogP) is 6.68. The van der Waals surface area contributed by atoms with Crippen LogP contribution in [0.1, 0.15) is 16.7 Å². The molecule has 4 nitrogen and oxygen atoms in total. The summed E-state index contributed by atoms with van der Waals surface area (Å²) >= 11 is 0. The summed E-state index contributed by atoms with van der Waals surface area (Å²) in [5.41, 5.74) is 5.60. The standard InChI is InChI=1S/C27H19FN2O2/c28-22-9-7-20(8-10-22)27-30-24-16-23(11-13-26(24)32-27)29-17-21-15-19(6-12-25(21)31)14-18-4-2-1-3-5-18/h1-13,15-17,31H,14H2. The number of benzene rings is 4. The Hall–Kier alpha value is -4.25. The van der Waals surface area contributed by atoms with Crippen molar-refractivity contribution in [3.63, 3.8) is 0 Å². The summed E-state index contributed by atoms with van der Waals surface area (Å²) in [6.45, 7) is 0. The van der Waals surface area contributed by atoms with Gasteiger partial charge in [-0.2, -0.15) is 0 Å². The Morgan fingerprint density at radius 3 is 2.50 bits per heavy atom. The van der Waals surface area contributed by atoms with Gasteiger partial charge in [0.25, 0.3) is 0 Å². The molecule has 4 aromatic carbocycles. The molecule has 0 bridgehead atoms. The van der Waals surface area contributed by atoms with E-state index in [0.29, 0.717) is 33.8 Å². The zero-order chi connectivity index (χ0) is 21.9. The first-order valence-corrected chi connectivity index (χ1v) is 10.2. The highest BCUT2D eigenvalue weighted by Gasteiger charge is 2.09. The van der Waals surface area contributed by atoms with Crippen molar-refractivity contribution >= 4 is 23.0 Å². The molecule has 0 saturated heterocycles. The minimum absolute atomic E-state index is 0.173. The number of aromatic nitrogens is 1. The molecule has 0 amide bonds. The minimum Gasteiger partial charge on any atom is -0.507 e. The van der Waals surface area contributed by atoms with E-state index in [1.54, 1.807) is 30.5 Å². The van der Waals surface area contributed by atoms with Crippen molar-refractivity contribution in [2.75, 3.05) is 0 Å². The molecule has 0 aliphatic carbocycles. The van der Waals surface area contributed by atoms with Gasteiger partial charge in [-0.3, -0.25) is 4.99 Å². The van der Waals surface area contributed by atoms with Gasteiger partial charge in [0.05, 0.1) is 5.69 Å². The molecule has 0 aliphatic rings. The number of nitrogens with zero attached hydrogens (tertiary/aromatic N) is 2. The van der Waals surface area contributed by atoms with E-state index in [9.17, 15) is 9.50 Å². The van der Waals surface area contributed by atoms with Crippen LogP contribution in [0.15, 0.2) is 100 Å². The molecule has 0 atom stereocenters. The lowest BCUT2D eigenvalue weighted by atomic mass is 10.0. The van der Waals surface area contributed by atoms with Gasteiger partial charge in [-0.05, 0) is 72.1 Å². The van der Waals surface area contributed by atoms with E-state index in [2.05, 4.69) is 22.1 Å². The van der Waals surface area contributed by atoms with Crippen molar-refractivity contribution in [2.24, 2.45) is 4.99 Å². The smallest absolute Gasteiger partial charge is 0.227 e. The Labute approximate surface area is 184 Å². The summed E-state index contributed by atoms with van der Waals surface area (Å²) in [5.74, 6) is 0.289. The first kappa shape index (κ1) is 19.7. The second-order valence-corrected chi connectivity index (χ2v) is 7.49. The van der Waals surface area contributed by atoms with Crippen LogP contribution in [0.3, 0.4) is 0 Å². The molecule has 32 heavy (non-hydrogen) atoms. The van der Waals surface area contributed by atoms with Crippen LogP contribution in [0.2, 0.25) is 0 Å². The molecule has 0 fully saturated rings. The van der Waals surface area contributed by atoms with E-state index in [0.717, 1.165) is 12.0 Å². The van der Waals surface area contributed by atoms with E-state index < -0.39 is 0 Å². The Balaban J connectivity index is 1.39. The summed E-state index contributed by atoms with van der Waals surface area (Å²) in [5, 5.41) is 10.3. The van der Waals surface area contributed by atoms with Crippen molar-refractivity contribution in [1.29, 1.82) is 0 Å². The molecule has 5 heteroatoms. The first-order chi connectivity index (χ1) is 15.6. The molecule has 5 rings (SSSR count). The number of hydrogen-bond donors (Lipinski definition) is 1. The zero-order valence-corrected chi connectivity index (χ0v) is 17.1. The fourth-order valence-electron chi connectivity index (χ4n) is 3.51. The zero-order valence-electron chi connectivity index (χ0n) is 17.1. The first-order valence-electron chi connectivity index (χ1n) is 10.2. The highest BCUT2D eigenvalue weighted by atomic mass is 19.1. The van der Waals surface area contributed by atoms with Gasteiger partial charge >= 0.3 is 0 Å². The fourth-order valence-corrected chi connectivity index (χ4v) is 3.51. The number of aromatic hydroxyl groups is 1. The van der Waals surface area contributed by atoms with Gasteiger partial charge in [-0.25, -0.2) is 9.37 Å². The van der Waals surface area contributed by atoms with Crippen LogP contribution in [-0.4, -0.2) is 16.3 Å². The number of aliphatic imine (C=N–C) groups is 1. The third-order valence-electron chi connectivity index (χ3n) is 5.16. The van der Waals surface area contributed by atoms with Crippen LogP contribution in [0.25, 0.3) is 22.6 Å². The number of hydrogen-bond acceptors (Lipinski definition) is 4. The highest BCUT2D eigenvalue weighted by Crippen LogP contribution is 2.28. The molecule has 0 spiro atoms. The molecule has 0 saturated carbocycles. The summed E-state index contributed by atoms with van der Waals surface area (Å²) in [7, 11) is 0. The number of rotatable bonds is 5. The molecule has 5 aromatic rings. The molecule has 1 heterocycles. The Kier molecular flexibility index (Phi) is 5.22. The number of phenols is 1. The maximum absolute atomic E-state index is 13.2. The van der Waals surface area contributed by atoms with E-state index in [1.807, 2.05) is 42.5 Å². The van der Waals surface area contributed by atoms with Crippen LogP contribution in [-0.2, 0) is 6.42 Å². The summed E-state index contributed by atoms with van der Waals surface area (Å²) < 4.78 is 18.9. The van der Waals surface area contributed by atoms with Crippen LogP contribution in [0, 0.1) is 5.82 Å². The minimum atomic E-state index is -0.308. The van der Waals surface area contributed by atoms with Gasteiger partial charge in [-0.15, -0.1) is 0 Å². The van der Waals surface area contributed by atoms with Crippen LogP contribution >= 0.6 is 0 Å². The predicted molar refractivity (Wildman–Crippen MR) is 124 cm³/mol. The fraction of sp³-hybridized carbons (Fsp3) is 0.0370. The Bertz CT molecular complexity index is 1410. The van der Waals surface area contributed by atoms with Crippen molar-refractivity contribution in [3.8, 4) is 17.2 Å². The maximum Gasteiger partial charge on any atom is 0.227 e. The Morgan fingerprint density at radius 2 is 1.69 bits per heavy atom. The monoisotopic (exact) mass is 422 g/mol.